The van der Waals surface area contributed by atoms with Gasteiger partial charge in [-0.15, -0.1) is 0 Å². The lowest BCUT2D eigenvalue weighted by molar-refractivity contribution is 0.521. The van der Waals surface area contributed by atoms with Crippen molar-refractivity contribution >= 4 is 27.5 Å². The molecule has 0 bridgehead atoms. The highest BCUT2D eigenvalue weighted by molar-refractivity contribution is 9.10. The van der Waals surface area contributed by atoms with Gasteiger partial charge < -0.3 is 5.32 Å². The summed E-state index contributed by atoms with van der Waals surface area (Å²) >= 11 is 8.81. The first-order valence-electron chi connectivity index (χ1n) is 6.07. The molecule has 0 aliphatic carbocycles. The van der Waals surface area contributed by atoms with Crippen LogP contribution < -0.4 is 5.32 Å². The van der Waals surface area contributed by atoms with Gasteiger partial charge in [0.25, 0.3) is 0 Å². The Balaban J connectivity index is 2.28. The van der Waals surface area contributed by atoms with Crippen molar-refractivity contribution < 1.29 is 8.78 Å². The fraction of sp³-hybridized carbons (Fsp3) is 0.200. The number of likely N-dealkylation sites (N-methyl/N-ethyl adjacent to an activating group) is 1. The third-order valence-electron chi connectivity index (χ3n) is 3.12. The van der Waals surface area contributed by atoms with E-state index in [0.717, 1.165) is 11.6 Å². The van der Waals surface area contributed by atoms with Crippen molar-refractivity contribution in [3.8, 4) is 0 Å². The van der Waals surface area contributed by atoms with Gasteiger partial charge in [0.1, 0.15) is 11.6 Å². The van der Waals surface area contributed by atoms with E-state index in [1.807, 2.05) is 12.1 Å². The Morgan fingerprint density at radius 2 is 1.80 bits per heavy atom. The van der Waals surface area contributed by atoms with Gasteiger partial charge in [-0.1, -0.05) is 23.7 Å². The smallest absolute Gasteiger partial charge is 0.137 e. The molecule has 0 fully saturated rings. The Hall–Kier alpha value is -0.970. The van der Waals surface area contributed by atoms with Crippen LogP contribution in [0.25, 0.3) is 0 Å². The van der Waals surface area contributed by atoms with Crippen LogP contribution in [0.5, 0.6) is 0 Å². The summed E-state index contributed by atoms with van der Waals surface area (Å²) in [4.78, 5) is 0. The van der Waals surface area contributed by atoms with E-state index < -0.39 is 11.6 Å². The third-order valence-corrected chi connectivity index (χ3v) is 3.98. The average Bonchev–Trinajstić information content (AvgIpc) is 2.43. The van der Waals surface area contributed by atoms with E-state index in [-0.39, 0.29) is 10.5 Å². The van der Waals surface area contributed by atoms with Crippen LogP contribution in [0.4, 0.5) is 8.78 Å². The number of hydrogen-bond acceptors (Lipinski definition) is 1. The Kier molecular flexibility index (Phi) is 5.13. The van der Waals surface area contributed by atoms with Crippen LogP contribution in [0.3, 0.4) is 0 Å². The van der Waals surface area contributed by atoms with Crippen molar-refractivity contribution in [2.45, 2.75) is 12.5 Å². The zero-order valence-corrected chi connectivity index (χ0v) is 13.1. The molecule has 0 saturated carbocycles. The van der Waals surface area contributed by atoms with E-state index >= 15 is 0 Å². The van der Waals surface area contributed by atoms with Gasteiger partial charge in [0.2, 0.25) is 0 Å². The Bertz CT molecular complexity index is 602. The van der Waals surface area contributed by atoms with E-state index in [2.05, 4.69) is 21.2 Å². The minimum Gasteiger partial charge on any atom is -0.313 e. The monoisotopic (exact) mass is 359 g/mol. The van der Waals surface area contributed by atoms with Gasteiger partial charge >= 0.3 is 0 Å². The van der Waals surface area contributed by atoms with Gasteiger partial charge in [0.15, 0.2) is 0 Å². The topological polar surface area (TPSA) is 12.0 Å². The highest BCUT2D eigenvalue weighted by atomic mass is 79.9. The molecule has 2 aromatic rings. The van der Waals surface area contributed by atoms with Crippen LogP contribution in [-0.4, -0.2) is 7.05 Å². The quantitative estimate of drug-likeness (QED) is 0.766. The highest BCUT2D eigenvalue weighted by Gasteiger charge is 2.17. The summed E-state index contributed by atoms with van der Waals surface area (Å²) in [5.74, 6) is -0.913. The lowest BCUT2D eigenvalue weighted by Crippen LogP contribution is -2.20. The summed E-state index contributed by atoms with van der Waals surface area (Å²) in [6, 6.07) is 9.37. The van der Waals surface area contributed by atoms with Crippen LogP contribution in [-0.2, 0) is 6.42 Å². The summed E-state index contributed by atoms with van der Waals surface area (Å²) in [5, 5.41) is 3.66. The van der Waals surface area contributed by atoms with Gasteiger partial charge in [-0.2, -0.15) is 0 Å². The van der Waals surface area contributed by atoms with Gasteiger partial charge in [0, 0.05) is 16.6 Å². The van der Waals surface area contributed by atoms with E-state index in [9.17, 15) is 8.78 Å². The summed E-state index contributed by atoms with van der Waals surface area (Å²) in [5.41, 5.74) is 1.31. The summed E-state index contributed by atoms with van der Waals surface area (Å²) in [6.45, 7) is 0. The SMILES string of the molecule is CNC(Cc1ccc(Cl)cc1)c1cc(F)c(Br)cc1F. The molecular formula is C15H13BrClF2N. The number of hydrogen-bond donors (Lipinski definition) is 1. The predicted octanol–water partition coefficient (Wildman–Crippen LogP) is 4.88. The first-order chi connectivity index (χ1) is 9.51. The zero-order valence-electron chi connectivity index (χ0n) is 10.8. The molecule has 1 atom stereocenters. The molecule has 1 unspecified atom stereocenters. The molecule has 5 heteroatoms. The van der Waals surface area contributed by atoms with Crippen LogP contribution >= 0.6 is 27.5 Å². The lowest BCUT2D eigenvalue weighted by Gasteiger charge is -2.18. The number of benzene rings is 2. The van der Waals surface area contributed by atoms with Gasteiger partial charge in [-0.05, 0) is 59.2 Å². The first-order valence-corrected chi connectivity index (χ1v) is 7.24. The zero-order chi connectivity index (χ0) is 14.7. The lowest BCUT2D eigenvalue weighted by atomic mass is 9.98. The van der Waals surface area contributed by atoms with Crippen molar-refractivity contribution in [2.75, 3.05) is 7.05 Å². The van der Waals surface area contributed by atoms with Gasteiger partial charge in [0.05, 0.1) is 4.47 Å². The minimum atomic E-state index is -0.474. The Labute approximate surface area is 130 Å². The Morgan fingerprint density at radius 1 is 1.15 bits per heavy atom. The summed E-state index contributed by atoms with van der Waals surface area (Å²) < 4.78 is 27.7. The largest absolute Gasteiger partial charge is 0.313 e. The molecule has 2 aromatic carbocycles. The molecule has 20 heavy (non-hydrogen) atoms. The second kappa shape index (κ2) is 6.66. The molecule has 0 aromatic heterocycles. The molecule has 0 heterocycles. The van der Waals surface area contributed by atoms with Crippen molar-refractivity contribution in [1.82, 2.24) is 5.32 Å². The molecule has 0 aliphatic rings. The first kappa shape index (κ1) is 15.4. The standard InChI is InChI=1S/C15H13BrClF2N/c1-20-15(6-9-2-4-10(17)5-3-9)11-7-14(19)12(16)8-13(11)18/h2-5,7-8,15,20H,6H2,1H3. The van der Waals surface area contributed by atoms with Crippen molar-refractivity contribution in [3.63, 3.8) is 0 Å². The van der Waals surface area contributed by atoms with Crippen molar-refractivity contribution in [2.24, 2.45) is 0 Å². The Morgan fingerprint density at radius 3 is 2.40 bits per heavy atom. The van der Waals surface area contributed by atoms with E-state index in [1.54, 1.807) is 19.2 Å². The molecule has 1 N–H and O–H groups in total. The van der Waals surface area contributed by atoms with E-state index in [1.165, 1.54) is 6.07 Å². The molecule has 2 rings (SSSR count). The maximum atomic E-state index is 14.0. The maximum absolute atomic E-state index is 14.0. The van der Waals surface area contributed by atoms with E-state index in [0.29, 0.717) is 17.0 Å². The molecule has 0 saturated heterocycles. The number of nitrogens with one attached hydrogen (secondary N) is 1. The fourth-order valence-electron chi connectivity index (χ4n) is 2.03. The van der Waals surface area contributed by atoms with Crippen molar-refractivity contribution in [1.29, 1.82) is 0 Å². The number of rotatable bonds is 4. The maximum Gasteiger partial charge on any atom is 0.137 e. The van der Waals surface area contributed by atoms with Crippen LogP contribution in [0.2, 0.25) is 5.02 Å². The van der Waals surface area contributed by atoms with Crippen LogP contribution in [0.15, 0.2) is 40.9 Å². The van der Waals surface area contributed by atoms with Gasteiger partial charge in [-0.3, -0.25) is 0 Å². The molecule has 1 nitrogen and oxygen atoms in total. The highest BCUT2D eigenvalue weighted by Crippen LogP contribution is 2.26. The third kappa shape index (κ3) is 3.57. The van der Waals surface area contributed by atoms with E-state index in [4.69, 9.17) is 11.6 Å². The molecule has 0 radical (unpaired) electrons. The van der Waals surface area contributed by atoms with Gasteiger partial charge in [-0.25, -0.2) is 8.78 Å². The minimum absolute atomic E-state index is 0.125. The average molecular weight is 361 g/mol. The molecule has 0 aliphatic heterocycles. The summed E-state index contributed by atoms with van der Waals surface area (Å²) in [6.07, 6.45) is 0.547. The van der Waals surface area contributed by atoms with Crippen LogP contribution in [0, 0.1) is 11.6 Å². The molecule has 0 amide bonds. The summed E-state index contributed by atoms with van der Waals surface area (Å²) in [7, 11) is 1.72. The molecule has 0 spiro atoms. The molecule has 106 valence electrons. The van der Waals surface area contributed by atoms with Crippen LogP contribution in [0.1, 0.15) is 17.2 Å². The fourth-order valence-corrected chi connectivity index (χ4v) is 2.47. The normalized spacial score (nSPS) is 12.4. The molecular weight excluding hydrogens is 348 g/mol. The second-order valence-electron chi connectivity index (χ2n) is 4.46. The number of halogens is 4. The van der Waals surface area contributed by atoms with Crippen molar-refractivity contribution in [3.05, 3.63) is 68.7 Å². The second-order valence-corrected chi connectivity index (χ2v) is 5.75. The predicted molar refractivity (Wildman–Crippen MR) is 81.0 cm³/mol.